The summed E-state index contributed by atoms with van der Waals surface area (Å²) in [5.41, 5.74) is 1.62. The Morgan fingerprint density at radius 3 is 2.03 bits per heavy atom. The van der Waals surface area contributed by atoms with Gasteiger partial charge in [0.25, 0.3) is 0 Å². The molecule has 0 unspecified atom stereocenters. The van der Waals surface area contributed by atoms with E-state index in [1.807, 2.05) is 62.4 Å². The molecule has 0 aliphatic rings. The van der Waals surface area contributed by atoms with Crippen LogP contribution in [0.5, 0.6) is 0 Å². The number of hydrogen-bond acceptors (Lipinski definition) is 4. The fourth-order valence-electron chi connectivity index (χ4n) is 2.91. The summed E-state index contributed by atoms with van der Waals surface area (Å²) in [6.07, 6.45) is 0.0374. The van der Waals surface area contributed by atoms with Gasteiger partial charge in [0.1, 0.15) is 18.7 Å². The van der Waals surface area contributed by atoms with E-state index in [0.717, 1.165) is 11.1 Å². The molecular formula is C23H28N2O5. The van der Waals surface area contributed by atoms with E-state index in [-0.39, 0.29) is 18.9 Å². The first-order chi connectivity index (χ1) is 14.4. The van der Waals surface area contributed by atoms with Crippen LogP contribution in [0.15, 0.2) is 60.7 Å². The molecule has 2 amide bonds. The third kappa shape index (κ3) is 7.24. The normalized spacial score (nSPS) is 13.5. The molecule has 2 rings (SSSR count). The van der Waals surface area contributed by atoms with E-state index in [9.17, 15) is 19.5 Å². The van der Waals surface area contributed by atoms with Gasteiger partial charge in [-0.3, -0.25) is 4.79 Å². The summed E-state index contributed by atoms with van der Waals surface area (Å²) < 4.78 is 5.21. The molecule has 160 valence electrons. The van der Waals surface area contributed by atoms with Crippen molar-refractivity contribution in [2.75, 3.05) is 0 Å². The van der Waals surface area contributed by atoms with Gasteiger partial charge in [-0.1, -0.05) is 80.9 Å². The average Bonchev–Trinajstić information content (AvgIpc) is 2.76. The van der Waals surface area contributed by atoms with Gasteiger partial charge in [-0.15, -0.1) is 0 Å². The second-order valence-corrected chi connectivity index (χ2v) is 7.16. The molecule has 0 heterocycles. The van der Waals surface area contributed by atoms with Gasteiger partial charge in [0.15, 0.2) is 0 Å². The summed E-state index contributed by atoms with van der Waals surface area (Å²) in [6, 6.07) is 16.2. The number of ether oxygens (including phenoxy) is 1. The summed E-state index contributed by atoms with van der Waals surface area (Å²) in [4.78, 5) is 36.7. The molecular weight excluding hydrogens is 384 g/mol. The first-order valence-corrected chi connectivity index (χ1v) is 9.95. The molecule has 0 radical (unpaired) electrons. The van der Waals surface area contributed by atoms with Gasteiger partial charge in [-0.25, -0.2) is 9.59 Å². The Morgan fingerprint density at radius 2 is 1.50 bits per heavy atom. The smallest absolute Gasteiger partial charge is 0.408 e. The van der Waals surface area contributed by atoms with Crippen molar-refractivity contribution >= 4 is 18.0 Å². The maximum atomic E-state index is 12.8. The lowest BCUT2D eigenvalue weighted by atomic mass is 9.97. The number of aliphatic carboxylic acids is 1. The number of amides is 2. The first-order valence-electron chi connectivity index (χ1n) is 9.95. The predicted octanol–water partition coefficient (Wildman–Crippen LogP) is 3.14. The lowest BCUT2D eigenvalue weighted by Crippen LogP contribution is -2.54. The molecule has 2 aromatic rings. The third-order valence-electron chi connectivity index (χ3n) is 4.88. The Kier molecular flexibility index (Phi) is 8.87. The molecule has 0 saturated heterocycles. The van der Waals surface area contributed by atoms with Gasteiger partial charge in [0.05, 0.1) is 0 Å². The van der Waals surface area contributed by atoms with Crippen molar-refractivity contribution in [3.8, 4) is 0 Å². The summed E-state index contributed by atoms with van der Waals surface area (Å²) in [6.45, 7) is 3.78. The highest BCUT2D eigenvalue weighted by Crippen LogP contribution is 2.11. The van der Waals surface area contributed by atoms with Crippen LogP contribution in [0.3, 0.4) is 0 Å². The third-order valence-corrected chi connectivity index (χ3v) is 4.88. The number of benzene rings is 2. The molecule has 0 fully saturated rings. The fourth-order valence-corrected chi connectivity index (χ4v) is 2.91. The quantitative estimate of drug-likeness (QED) is 0.556. The van der Waals surface area contributed by atoms with Gasteiger partial charge in [0.2, 0.25) is 5.91 Å². The highest BCUT2D eigenvalue weighted by atomic mass is 16.5. The molecule has 0 aliphatic carbocycles. The Hall–Kier alpha value is -3.35. The Labute approximate surface area is 176 Å². The van der Waals surface area contributed by atoms with Crippen molar-refractivity contribution in [1.29, 1.82) is 0 Å². The SMILES string of the molecule is CC[C@H](C)[C@H](NC(=O)OCc1ccccc1)C(=O)N[C@@H](Cc1ccccc1)C(=O)O. The van der Waals surface area contributed by atoms with Gasteiger partial charge < -0.3 is 20.5 Å². The Balaban J connectivity index is 2.00. The van der Waals surface area contributed by atoms with Crippen molar-refractivity contribution < 1.29 is 24.2 Å². The maximum absolute atomic E-state index is 12.8. The second kappa shape index (κ2) is 11.6. The molecule has 0 aromatic heterocycles. The topological polar surface area (TPSA) is 105 Å². The molecule has 0 saturated carbocycles. The minimum Gasteiger partial charge on any atom is -0.480 e. The van der Waals surface area contributed by atoms with Crippen molar-refractivity contribution in [1.82, 2.24) is 10.6 Å². The number of alkyl carbamates (subject to hydrolysis) is 1. The summed E-state index contributed by atoms with van der Waals surface area (Å²) in [5.74, 6) is -1.90. The van der Waals surface area contributed by atoms with Crippen molar-refractivity contribution in [3.63, 3.8) is 0 Å². The maximum Gasteiger partial charge on any atom is 0.408 e. The van der Waals surface area contributed by atoms with E-state index in [4.69, 9.17) is 4.74 Å². The van der Waals surface area contributed by atoms with Crippen molar-refractivity contribution in [3.05, 3.63) is 71.8 Å². The molecule has 2 aromatic carbocycles. The number of nitrogens with one attached hydrogen (secondary N) is 2. The van der Waals surface area contributed by atoms with Crippen LogP contribution in [-0.2, 0) is 27.4 Å². The summed E-state index contributed by atoms with van der Waals surface area (Å²) in [7, 11) is 0. The van der Waals surface area contributed by atoms with Gasteiger partial charge >= 0.3 is 12.1 Å². The zero-order valence-corrected chi connectivity index (χ0v) is 17.2. The fraction of sp³-hybridized carbons (Fsp3) is 0.348. The van der Waals surface area contributed by atoms with E-state index in [1.54, 1.807) is 12.1 Å². The number of hydrogen-bond donors (Lipinski definition) is 3. The number of carbonyl (C=O) groups excluding carboxylic acids is 2. The van der Waals surface area contributed by atoms with Crippen LogP contribution in [0.4, 0.5) is 4.79 Å². The molecule has 0 spiro atoms. The summed E-state index contributed by atoms with van der Waals surface area (Å²) >= 11 is 0. The molecule has 7 nitrogen and oxygen atoms in total. The lowest BCUT2D eigenvalue weighted by molar-refractivity contribution is -0.142. The molecule has 7 heteroatoms. The van der Waals surface area contributed by atoms with Gasteiger partial charge in [-0.2, -0.15) is 0 Å². The minimum absolute atomic E-state index is 0.0767. The lowest BCUT2D eigenvalue weighted by Gasteiger charge is -2.25. The van der Waals surface area contributed by atoms with E-state index < -0.39 is 30.1 Å². The van der Waals surface area contributed by atoms with Crippen LogP contribution in [-0.4, -0.2) is 35.2 Å². The second-order valence-electron chi connectivity index (χ2n) is 7.16. The van der Waals surface area contributed by atoms with E-state index in [0.29, 0.717) is 6.42 Å². The van der Waals surface area contributed by atoms with E-state index >= 15 is 0 Å². The van der Waals surface area contributed by atoms with Crippen LogP contribution in [0.25, 0.3) is 0 Å². The molecule has 30 heavy (non-hydrogen) atoms. The molecule has 3 N–H and O–H groups in total. The van der Waals surface area contributed by atoms with Crippen molar-refractivity contribution in [2.45, 2.75) is 45.4 Å². The number of rotatable bonds is 10. The monoisotopic (exact) mass is 412 g/mol. The first kappa shape index (κ1) is 22.9. The van der Waals surface area contributed by atoms with Crippen molar-refractivity contribution in [2.24, 2.45) is 5.92 Å². The molecule has 3 atom stereocenters. The largest absolute Gasteiger partial charge is 0.480 e. The minimum atomic E-state index is -1.14. The predicted molar refractivity (Wildman–Crippen MR) is 113 cm³/mol. The number of carbonyl (C=O) groups is 3. The average molecular weight is 412 g/mol. The standard InChI is InChI=1S/C23H28N2O5/c1-3-16(2)20(25-23(29)30-15-18-12-8-5-9-13-18)21(26)24-19(22(27)28)14-17-10-6-4-7-11-17/h4-13,16,19-20H,3,14-15H2,1-2H3,(H,24,26)(H,25,29)(H,27,28)/t16-,19-,20-/m0/s1. The molecule has 0 bridgehead atoms. The zero-order valence-electron chi connectivity index (χ0n) is 17.2. The van der Waals surface area contributed by atoms with Crippen LogP contribution < -0.4 is 10.6 Å². The Morgan fingerprint density at radius 1 is 0.933 bits per heavy atom. The summed E-state index contributed by atoms with van der Waals surface area (Å²) in [5, 5.41) is 14.7. The van der Waals surface area contributed by atoms with Gasteiger partial charge in [0, 0.05) is 6.42 Å². The van der Waals surface area contributed by atoms with E-state index in [1.165, 1.54) is 0 Å². The van der Waals surface area contributed by atoms with Crippen LogP contribution >= 0.6 is 0 Å². The molecule has 0 aliphatic heterocycles. The highest BCUT2D eigenvalue weighted by Gasteiger charge is 2.30. The Bertz CT molecular complexity index is 826. The highest BCUT2D eigenvalue weighted by molar-refractivity contribution is 5.89. The zero-order chi connectivity index (χ0) is 21.9. The van der Waals surface area contributed by atoms with E-state index in [2.05, 4.69) is 10.6 Å². The number of carboxylic acids is 1. The van der Waals surface area contributed by atoms with Crippen LogP contribution in [0, 0.1) is 5.92 Å². The van der Waals surface area contributed by atoms with Gasteiger partial charge in [-0.05, 0) is 17.0 Å². The number of carboxylic acid groups (broad SMARTS) is 1. The van der Waals surface area contributed by atoms with Crippen LogP contribution in [0.1, 0.15) is 31.4 Å². The van der Waals surface area contributed by atoms with Crippen LogP contribution in [0.2, 0.25) is 0 Å².